The number of hydrogen-bond donors (Lipinski definition) is 1. The van der Waals surface area contributed by atoms with Gasteiger partial charge in [0.05, 0.1) is 26.2 Å². The van der Waals surface area contributed by atoms with E-state index in [1.165, 1.54) is 116 Å². The first-order valence-corrected chi connectivity index (χ1v) is 32.1. The molecule has 0 heterocycles. The first-order valence-electron chi connectivity index (χ1n) is 29.4. The molecule has 2 N–H and O–H groups in total. The third-order valence-corrected chi connectivity index (χ3v) is 14.2. The van der Waals surface area contributed by atoms with E-state index in [4.69, 9.17) is 26.6 Å². The fourth-order valence-corrected chi connectivity index (χ4v) is 10.1. The minimum absolute atomic E-state index is 0. The van der Waals surface area contributed by atoms with Gasteiger partial charge in [-0.1, -0.05) is 154 Å². The molecule has 0 saturated heterocycles. The Labute approximate surface area is 572 Å². The molecule has 0 fully saturated rings. The maximum Gasteiger partial charge on any atom is 0.315 e. The summed E-state index contributed by atoms with van der Waals surface area (Å²) >= 11 is 5.43. The van der Waals surface area contributed by atoms with Crippen molar-refractivity contribution in [3.63, 3.8) is 0 Å². The number of ketones is 1. The largest absolute Gasteiger partial charge is 0.466 e. The van der Waals surface area contributed by atoms with E-state index < -0.39 is 71.3 Å². The van der Waals surface area contributed by atoms with Crippen LogP contribution in [0.1, 0.15) is 171 Å². The summed E-state index contributed by atoms with van der Waals surface area (Å²) in [7, 11) is -2.75. The first kappa shape index (κ1) is 94.4. The topological polar surface area (TPSA) is 139 Å². The van der Waals surface area contributed by atoms with E-state index in [-0.39, 0.29) is 104 Å². The van der Waals surface area contributed by atoms with Crippen molar-refractivity contribution in [2.24, 2.45) is 5.73 Å². The monoisotopic (exact) mass is 1380 g/mol. The molecule has 0 spiro atoms. The highest BCUT2D eigenvalue weighted by Gasteiger charge is 2.23. The summed E-state index contributed by atoms with van der Waals surface area (Å²) in [6.07, 6.45) is 0.552. The van der Waals surface area contributed by atoms with Crippen molar-refractivity contribution in [3.8, 4) is 0 Å². The van der Waals surface area contributed by atoms with E-state index in [1.807, 2.05) is 46.8 Å². The minimum atomic E-state index is -2.75. The zero-order chi connectivity index (χ0) is 68.1. The van der Waals surface area contributed by atoms with Crippen LogP contribution in [0.3, 0.4) is 0 Å². The second-order valence-corrected chi connectivity index (χ2v) is 22.5. The maximum absolute atomic E-state index is 13.4. The minimum Gasteiger partial charge on any atom is -0.466 e. The molecule has 8 rings (SSSR count). The smallest absolute Gasteiger partial charge is 0.315 e. The fourth-order valence-electron chi connectivity index (χ4n) is 8.77. The quantitative estimate of drug-likeness (QED) is 0.0197. The lowest BCUT2D eigenvalue weighted by molar-refractivity contribution is -0.143. The van der Waals surface area contributed by atoms with Gasteiger partial charge in [0.2, 0.25) is 12.6 Å². The van der Waals surface area contributed by atoms with Crippen LogP contribution >= 0.6 is 19.0 Å². The third-order valence-electron chi connectivity index (χ3n) is 12.5. The predicted octanol–water partition coefficient (Wildman–Crippen LogP) is 21.0. The van der Waals surface area contributed by atoms with Crippen molar-refractivity contribution in [3.05, 3.63) is 285 Å². The second kappa shape index (κ2) is 51.3. The Bertz CT molecular complexity index is 3380. The third kappa shape index (κ3) is 36.2. The number of nitrogens with two attached hydrogens (primary N) is 1. The first-order chi connectivity index (χ1) is 43.4. The number of esters is 2. The Kier molecular flexibility index (Phi) is 50.4. The molecule has 2 unspecified atom stereocenters. The number of carbonyl (C=O) groups is 4. The summed E-state index contributed by atoms with van der Waals surface area (Å²) in [6.45, 7) is 17.4. The van der Waals surface area contributed by atoms with Crippen molar-refractivity contribution in [1.82, 2.24) is 0 Å². The van der Waals surface area contributed by atoms with Gasteiger partial charge in [0, 0.05) is 56.4 Å². The van der Waals surface area contributed by atoms with Crippen LogP contribution in [0.5, 0.6) is 0 Å². The molecule has 8 aromatic carbocycles. The molecule has 9 nitrogen and oxygen atoms in total. The van der Waals surface area contributed by atoms with Crippen molar-refractivity contribution >= 4 is 50.3 Å². The molecule has 3 radical (unpaired) electrons. The standard InChI is InChI=1S/C17H16F2O2.C16H17F2N.C15H11ClF2O.C13H8F2O.C7H15O4P.2C2H6.4CH4.B/c1-2-21-17(20)11-16(12-5-3-7-14(18)9-12)13-6-4-8-15(19)10-13;1-11(19)8-16(12-4-2-6-14(17)9-12)13-5-3-7-15(18)10-13;16-15(19)9-14(10-3-1-5-12(17)7-10)11-4-2-6-13(18)8-11;14-11-5-1-3-9(7-11)13(16)10-4-2-6-12(15)8-10;1-4-10-7(8)6-12(3,9)11-5-2;2*1-2;;;;;/h3-10,16H,2,11H2,1H3;2-7,9-11,16H,8,19H2,1H3;1-8,14H,9H2;1-8H;4-6H2,1-3H3;2*1-2H3;4*1H4;. The molecule has 523 valence electrons. The van der Waals surface area contributed by atoms with Crippen LogP contribution in [0.4, 0.5) is 35.1 Å². The van der Waals surface area contributed by atoms with Gasteiger partial charge in [-0.15, -0.1) is 0 Å². The van der Waals surface area contributed by atoms with Crippen LogP contribution in [0.2, 0.25) is 0 Å². The van der Waals surface area contributed by atoms with Crippen LogP contribution in [0, 0.1) is 46.5 Å². The van der Waals surface area contributed by atoms with Crippen molar-refractivity contribution in [1.29, 1.82) is 0 Å². The zero-order valence-electron chi connectivity index (χ0n) is 53.0. The van der Waals surface area contributed by atoms with Gasteiger partial charge in [0.25, 0.3) is 0 Å². The molecular formula is C76H95BClF8NO8P. The van der Waals surface area contributed by atoms with Crippen LogP contribution in [0.15, 0.2) is 194 Å². The molecule has 0 aliphatic carbocycles. The van der Waals surface area contributed by atoms with E-state index in [0.29, 0.717) is 41.9 Å². The van der Waals surface area contributed by atoms with Crippen molar-refractivity contribution < 1.29 is 72.9 Å². The highest BCUT2D eigenvalue weighted by atomic mass is 35.5. The number of rotatable bonds is 20. The average Bonchev–Trinajstić information content (AvgIpc) is 0.866. The molecule has 0 saturated carbocycles. The Morgan fingerprint density at radius 1 is 0.427 bits per heavy atom. The van der Waals surface area contributed by atoms with Gasteiger partial charge in [-0.2, -0.15) is 0 Å². The summed E-state index contributed by atoms with van der Waals surface area (Å²) in [4.78, 5) is 45.6. The number of benzene rings is 8. The molecule has 0 amide bonds. The Morgan fingerprint density at radius 2 is 0.688 bits per heavy atom. The zero-order valence-corrected chi connectivity index (χ0v) is 54.7. The van der Waals surface area contributed by atoms with E-state index in [0.717, 1.165) is 23.3 Å². The second-order valence-electron chi connectivity index (χ2n) is 19.5. The van der Waals surface area contributed by atoms with Gasteiger partial charge < -0.3 is 19.7 Å². The van der Waals surface area contributed by atoms with Gasteiger partial charge in [0.1, 0.15) is 52.7 Å². The molecule has 0 aliphatic heterocycles. The average molecular weight is 1380 g/mol. The summed E-state index contributed by atoms with van der Waals surface area (Å²) in [6, 6.07) is 47.1. The van der Waals surface area contributed by atoms with Gasteiger partial charge in [-0.05, 0) is 176 Å². The fraction of sp³-hybridized carbons (Fsp3) is 0.316. The van der Waals surface area contributed by atoms with E-state index in [9.17, 15) is 58.9 Å². The van der Waals surface area contributed by atoms with Gasteiger partial charge in [-0.25, -0.2) is 35.1 Å². The number of ether oxygens (including phenoxy) is 2. The summed E-state index contributed by atoms with van der Waals surface area (Å²) < 4.78 is 132. The molecule has 2 atom stereocenters. The van der Waals surface area contributed by atoms with Crippen molar-refractivity contribution in [2.45, 2.75) is 128 Å². The predicted molar refractivity (Wildman–Crippen MR) is 377 cm³/mol. The van der Waals surface area contributed by atoms with Crippen LogP contribution < -0.4 is 5.73 Å². The van der Waals surface area contributed by atoms with Gasteiger partial charge >= 0.3 is 11.9 Å². The summed E-state index contributed by atoms with van der Waals surface area (Å²) in [5.74, 6) is -5.35. The lowest BCUT2D eigenvalue weighted by atomic mass is 9.86. The molecule has 8 aromatic rings. The Balaban J connectivity index is -0.000000542. The lowest BCUT2D eigenvalue weighted by Crippen LogP contribution is -2.19. The molecular weight excluding hydrogens is 1280 g/mol. The maximum atomic E-state index is 13.4. The highest BCUT2D eigenvalue weighted by Crippen LogP contribution is 2.42. The molecule has 0 bridgehead atoms. The van der Waals surface area contributed by atoms with Crippen molar-refractivity contribution in [2.75, 3.05) is 32.6 Å². The van der Waals surface area contributed by atoms with Crippen LogP contribution in [0.25, 0.3) is 0 Å². The van der Waals surface area contributed by atoms with E-state index in [1.54, 1.807) is 81.4 Å². The number of halogens is 9. The molecule has 96 heavy (non-hydrogen) atoms. The molecule has 0 aliphatic rings. The lowest BCUT2D eigenvalue weighted by Gasteiger charge is -2.20. The summed E-state index contributed by atoms with van der Waals surface area (Å²) in [5, 5.41) is -0.543. The van der Waals surface area contributed by atoms with E-state index in [2.05, 4.69) is 4.74 Å². The normalized spacial score (nSPS) is 10.7. The Hall–Kier alpha value is -8.02. The number of hydrogen-bond acceptors (Lipinski definition) is 9. The van der Waals surface area contributed by atoms with Crippen LogP contribution in [-0.2, 0) is 32.9 Å². The summed E-state index contributed by atoms with van der Waals surface area (Å²) in [5.41, 5.74) is 10.4. The Morgan fingerprint density at radius 3 is 0.938 bits per heavy atom. The van der Waals surface area contributed by atoms with Crippen LogP contribution in [-0.4, -0.2) is 70.1 Å². The molecule has 0 aromatic heterocycles. The molecule has 20 heteroatoms. The van der Waals surface area contributed by atoms with Gasteiger partial charge in [0.15, 0.2) is 5.78 Å². The van der Waals surface area contributed by atoms with E-state index >= 15 is 0 Å². The highest BCUT2D eigenvalue weighted by molar-refractivity contribution is 7.59. The SMILES string of the molecule is C.C.C.C.CC.CC.CC(N)CC(c1cccc(F)c1)c1cccc(F)c1.CCOC(=O)CC(c1cccc(F)c1)c1cccc(F)c1.CCOC(=O)CP(C)(=O)OCC.O=C(Cl)CC(c1cccc(F)c1)c1cccc(F)c1.O=C(c1cccc(F)c1)c1cccc(F)c1.[B]. The van der Waals surface area contributed by atoms with Gasteiger partial charge in [-0.3, -0.25) is 23.7 Å². The number of carbonyl (C=O) groups excluding carboxylic acids is 4.